The van der Waals surface area contributed by atoms with Crippen molar-refractivity contribution in [3.63, 3.8) is 0 Å². The van der Waals surface area contributed by atoms with Gasteiger partial charge in [0.15, 0.2) is 6.54 Å². The first-order chi connectivity index (χ1) is 13.5. The first-order valence-electron chi connectivity index (χ1n) is 9.46. The minimum absolute atomic E-state index is 0.0315. The van der Waals surface area contributed by atoms with Crippen LogP contribution in [0.15, 0.2) is 40.8 Å². The molecule has 0 aliphatic carbocycles. The predicted molar refractivity (Wildman–Crippen MR) is 106 cm³/mol. The van der Waals surface area contributed by atoms with Crippen molar-refractivity contribution in [3.8, 4) is 11.3 Å². The van der Waals surface area contributed by atoms with Crippen molar-refractivity contribution in [1.82, 2.24) is 4.90 Å². The first-order valence-corrected chi connectivity index (χ1v) is 9.84. The topological polar surface area (TPSA) is 64.2 Å². The summed E-state index contributed by atoms with van der Waals surface area (Å²) in [6.45, 7) is 2.46. The smallest absolute Gasteiger partial charge is 0.309 e. The molecular formula is C21H26ClN2O4+. The zero-order chi connectivity index (χ0) is 20.1. The molecule has 1 aromatic carbocycles. The van der Waals surface area contributed by atoms with Gasteiger partial charge in [0.1, 0.15) is 11.5 Å². The van der Waals surface area contributed by atoms with Crippen LogP contribution in [0.2, 0.25) is 5.02 Å². The molecule has 7 heteroatoms. The SMILES string of the molecule is COC(=O)C1CC[NH+](CC(=O)N(C)Cc2ccc(-c3ccc(Cl)cc3)o2)CC1. The Morgan fingerprint density at radius 3 is 2.50 bits per heavy atom. The van der Waals surface area contributed by atoms with Gasteiger partial charge in [-0.05, 0) is 36.4 Å². The number of methoxy groups -OCH3 is 1. The average Bonchev–Trinajstić information content (AvgIpc) is 3.16. The Kier molecular flexibility index (Phi) is 6.75. The summed E-state index contributed by atoms with van der Waals surface area (Å²) < 4.78 is 10.7. The van der Waals surface area contributed by atoms with E-state index in [-0.39, 0.29) is 17.8 Å². The van der Waals surface area contributed by atoms with Crippen molar-refractivity contribution < 1.29 is 23.6 Å². The Balaban J connectivity index is 1.50. The van der Waals surface area contributed by atoms with Crippen LogP contribution in [-0.4, -0.2) is 50.6 Å². The van der Waals surface area contributed by atoms with Crippen LogP contribution in [0, 0.1) is 5.92 Å². The number of amides is 1. The molecule has 0 bridgehead atoms. The number of quaternary nitrogens is 1. The third kappa shape index (κ3) is 5.14. The van der Waals surface area contributed by atoms with Gasteiger partial charge < -0.3 is 19.0 Å². The Hall–Kier alpha value is -2.31. The summed E-state index contributed by atoms with van der Waals surface area (Å²) in [5.41, 5.74) is 0.947. The van der Waals surface area contributed by atoms with Crippen LogP contribution in [0.4, 0.5) is 0 Å². The summed E-state index contributed by atoms with van der Waals surface area (Å²) in [6.07, 6.45) is 1.53. The second-order valence-electron chi connectivity index (χ2n) is 7.25. The normalized spacial score (nSPS) is 19.2. The summed E-state index contributed by atoms with van der Waals surface area (Å²) in [5.74, 6) is 1.38. The number of esters is 1. The Morgan fingerprint density at radius 2 is 1.86 bits per heavy atom. The lowest BCUT2D eigenvalue weighted by atomic mass is 9.97. The van der Waals surface area contributed by atoms with Gasteiger partial charge in [-0.15, -0.1) is 0 Å². The highest BCUT2D eigenvalue weighted by molar-refractivity contribution is 6.30. The molecule has 2 aromatic rings. The molecule has 3 rings (SSSR count). The van der Waals surface area contributed by atoms with E-state index in [9.17, 15) is 9.59 Å². The second-order valence-corrected chi connectivity index (χ2v) is 7.68. The maximum atomic E-state index is 12.6. The van der Waals surface area contributed by atoms with Gasteiger partial charge in [-0.1, -0.05) is 11.6 Å². The van der Waals surface area contributed by atoms with Crippen LogP contribution in [-0.2, 0) is 20.9 Å². The predicted octanol–water partition coefficient (Wildman–Crippen LogP) is 2.03. The number of furan rings is 1. The molecule has 1 fully saturated rings. The molecule has 1 N–H and O–H groups in total. The van der Waals surface area contributed by atoms with E-state index in [0.717, 1.165) is 43.0 Å². The summed E-state index contributed by atoms with van der Waals surface area (Å²) >= 11 is 5.92. The average molecular weight is 406 g/mol. The molecule has 1 aliphatic rings. The van der Waals surface area contributed by atoms with Crippen LogP contribution >= 0.6 is 11.6 Å². The van der Waals surface area contributed by atoms with Gasteiger partial charge in [-0.3, -0.25) is 9.59 Å². The molecule has 1 saturated heterocycles. The van der Waals surface area contributed by atoms with Crippen molar-refractivity contribution in [2.45, 2.75) is 19.4 Å². The summed E-state index contributed by atoms with van der Waals surface area (Å²) in [6, 6.07) is 11.2. The number of halogens is 1. The number of nitrogens with one attached hydrogen (secondary N) is 1. The number of hydrogen-bond acceptors (Lipinski definition) is 4. The number of carbonyl (C=O) groups is 2. The highest BCUT2D eigenvalue weighted by Crippen LogP contribution is 2.24. The lowest BCUT2D eigenvalue weighted by molar-refractivity contribution is -0.898. The summed E-state index contributed by atoms with van der Waals surface area (Å²) in [7, 11) is 3.21. The van der Waals surface area contributed by atoms with Gasteiger partial charge in [0.25, 0.3) is 5.91 Å². The monoisotopic (exact) mass is 405 g/mol. The molecule has 0 atom stereocenters. The highest BCUT2D eigenvalue weighted by atomic mass is 35.5. The number of rotatable bonds is 6. The van der Waals surface area contributed by atoms with E-state index < -0.39 is 0 Å². The van der Waals surface area contributed by atoms with Crippen molar-refractivity contribution >= 4 is 23.5 Å². The van der Waals surface area contributed by atoms with E-state index in [2.05, 4.69) is 0 Å². The van der Waals surface area contributed by atoms with E-state index >= 15 is 0 Å². The minimum Gasteiger partial charge on any atom is -0.469 e. The van der Waals surface area contributed by atoms with Gasteiger partial charge in [0, 0.05) is 30.5 Å². The largest absolute Gasteiger partial charge is 0.469 e. The maximum absolute atomic E-state index is 12.6. The minimum atomic E-state index is -0.142. The molecular weight excluding hydrogens is 380 g/mol. The van der Waals surface area contributed by atoms with Crippen molar-refractivity contribution in [2.24, 2.45) is 5.92 Å². The quantitative estimate of drug-likeness (QED) is 0.747. The molecule has 1 aromatic heterocycles. The van der Waals surface area contributed by atoms with E-state index in [4.69, 9.17) is 20.8 Å². The van der Waals surface area contributed by atoms with Gasteiger partial charge >= 0.3 is 5.97 Å². The van der Waals surface area contributed by atoms with Crippen LogP contribution in [0.25, 0.3) is 11.3 Å². The zero-order valence-corrected chi connectivity index (χ0v) is 17.0. The Labute approximate surface area is 170 Å². The Morgan fingerprint density at radius 1 is 1.18 bits per heavy atom. The fraction of sp³-hybridized carbons (Fsp3) is 0.429. The van der Waals surface area contributed by atoms with Crippen molar-refractivity contribution in [3.05, 3.63) is 47.2 Å². The molecule has 1 amide bonds. The number of ether oxygens (including phenoxy) is 1. The molecule has 0 unspecified atom stereocenters. The number of benzene rings is 1. The van der Waals surface area contributed by atoms with E-state index in [1.165, 1.54) is 12.0 Å². The molecule has 6 nitrogen and oxygen atoms in total. The maximum Gasteiger partial charge on any atom is 0.309 e. The van der Waals surface area contributed by atoms with Gasteiger partial charge in [-0.2, -0.15) is 0 Å². The first kappa shape index (κ1) is 20.4. The van der Waals surface area contributed by atoms with E-state index in [1.807, 2.05) is 36.4 Å². The number of piperidine rings is 1. The van der Waals surface area contributed by atoms with Crippen LogP contribution in [0.5, 0.6) is 0 Å². The molecule has 28 heavy (non-hydrogen) atoms. The lowest BCUT2D eigenvalue weighted by Crippen LogP contribution is -3.14. The standard InChI is InChI=1S/C21H25ClN2O4/c1-23(20(25)14-24-11-9-16(10-12-24)21(26)27-2)13-18-7-8-19(28-18)15-3-5-17(22)6-4-15/h3-8,16H,9-14H2,1-2H3/p+1. The van der Waals surface area contributed by atoms with Gasteiger partial charge in [0.05, 0.1) is 32.7 Å². The third-order valence-corrected chi connectivity index (χ3v) is 5.49. The summed E-state index contributed by atoms with van der Waals surface area (Å²) in [4.78, 5) is 27.1. The van der Waals surface area contributed by atoms with Crippen LogP contribution in [0.1, 0.15) is 18.6 Å². The molecule has 1 aliphatic heterocycles. The number of nitrogens with zero attached hydrogens (tertiary/aromatic N) is 1. The Bertz CT molecular complexity index is 810. The van der Waals surface area contributed by atoms with Gasteiger partial charge in [-0.25, -0.2) is 0 Å². The number of hydrogen-bond donors (Lipinski definition) is 1. The van der Waals surface area contributed by atoms with E-state index in [0.29, 0.717) is 18.1 Å². The molecule has 150 valence electrons. The number of likely N-dealkylation sites (N-methyl/N-ethyl adjacent to an activating group) is 1. The van der Waals surface area contributed by atoms with E-state index in [1.54, 1.807) is 11.9 Å². The van der Waals surface area contributed by atoms with Crippen molar-refractivity contribution in [1.29, 1.82) is 0 Å². The lowest BCUT2D eigenvalue weighted by Gasteiger charge is -2.28. The third-order valence-electron chi connectivity index (χ3n) is 5.24. The van der Waals surface area contributed by atoms with Crippen molar-refractivity contribution in [2.75, 3.05) is 33.8 Å². The number of carbonyl (C=O) groups excluding carboxylic acids is 2. The summed E-state index contributed by atoms with van der Waals surface area (Å²) in [5, 5.41) is 0.680. The fourth-order valence-corrected chi connectivity index (χ4v) is 3.63. The molecule has 2 heterocycles. The zero-order valence-electron chi connectivity index (χ0n) is 16.2. The number of likely N-dealkylation sites (tertiary alicyclic amines) is 1. The molecule has 0 spiro atoms. The molecule has 0 radical (unpaired) electrons. The molecule has 0 saturated carbocycles. The van der Waals surface area contributed by atoms with Crippen LogP contribution in [0.3, 0.4) is 0 Å². The fourth-order valence-electron chi connectivity index (χ4n) is 3.51. The highest BCUT2D eigenvalue weighted by Gasteiger charge is 2.29. The van der Waals surface area contributed by atoms with Gasteiger partial charge in [0.2, 0.25) is 0 Å². The van der Waals surface area contributed by atoms with Crippen LogP contribution < -0.4 is 4.90 Å². The second kappa shape index (κ2) is 9.26.